The summed E-state index contributed by atoms with van der Waals surface area (Å²) in [5, 5.41) is 16.8. The molecule has 0 unspecified atom stereocenters. The number of carbonyl (C=O) groups is 1. The molecule has 0 atom stereocenters. The number of carbonyl (C=O) groups excluding carboxylic acids is 1. The second kappa shape index (κ2) is 8.41. The van der Waals surface area contributed by atoms with Crippen LogP contribution in [0.4, 0.5) is 10.5 Å². The molecule has 2 aromatic carbocycles. The third kappa shape index (κ3) is 4.61. The average molecular weight is 431 g/mol. The number of urea groups is 1. The summed E-state index contributed by atoms with van der Waals surface area (Å²) in [4.78, 5) is 15.7. The van der Waals surface area contributed by atoms with E-state index < -0.39 is 11.6 Å². The van der Waals surface area contributed by atoms with Crippen LogP contribution in [0.3, 0.4) is 0 Å². The van der Waals surface area contributed by atoms with Crippen molar-refractivity contribution in [3.63, 3.8) is 0 Å². The lowest BCUT2D eigenvalue weighted by Crippen LogP contribution is -2.46. The Morgan fingerprint density at radius 2 is 1.59 bits per heavy atom. The molecule has 0 bridgehead atoms. The Kier molecular flexibility index (Phi) is 5.65. The van der Waals surface area contributed by atoms with Crippen molar-refractivity contribution in [1.29, 1.82) is 0 Å². The maximum atomic E-state index is 11.3. The number of rotatable bonds is 5. The fourth-order valence-corrected chi connectivity index (χ4v) is 3.46. The molecule has 32 heavy (non-hydrogen) atoms. The minimum atomic E-state index is -0.949. The van der Waals surface area contributed by atoms with Crippen LogP contribution in [-0.4, -0.2) is 27.1 Å². The number of amidine groups is 1. The van der Waals surface area contributed by atoms with Crippen molar-refractivity contribution >= 4 is 17.6 Å². The smallest absolute Gasteiger partial charge is 0.352 e. The summed E-state index contributed by atoms with van der Waals surface area (Å²) in [6, 6.07) is 19.6. The number of nitrogens with one attached hydrogen (secondary N) is 1. The number of hydrogen-bond donors (Lipinski definition) is 3. The lowest BCUT2D eigenvalue weighted by atomic mass is 9.99. The largest absolute Gasteiger partial charge is 0.384 e. The summed E-state index contributed by atoms with van der Waals surface area (Å²) < 4.78 is 0. The van der Waals surface area contributed by atoms with Crippen LogP contribution in [0.2, 0.25) is 0 Å². The van der Waals surface area contributed by atoms with E-state index in [9.17, 15) is 9.90 Å². The van der Waals surface area contributed by atoms with E-state index in [0.29, 0.717) is 11.5 Å². The maximum Gasteiger partial charge on any atom is 0.352 e. The second-order valence-electron chi connectivity index (χ2n) is 8.26. The maximum absolute atomic E-state index is 11.3. The highest BCUT2D eigenvalue weighted by molar-refractivity contribution is 5.97. The summed E-state index contributed by atoms with van der Waals surface area (Å²) in [6.07, 6.45) is 2.59. The molecular formula is C24H26N6O2. The zero-order chi connectivity index (χ0) is 22.9. The van der Waals surface area contributed by atoms with Crippen molar-refractivity contribution in [3.05, 3.63) is 83.7 Å². The molecule has 0 aliphatic carbocycles. The monoisotopic (exact) mass is 430 g/mol. The molecule has 8 nitrogen and oxygen atoms in total. The number of anilines is 1. The summed E-state index contributed by atoms with van der Waals surface area (Å²) in [5.74, 6) is 0.622. The highest BCUT2D eigenvalue weighted by Crippen LogP contribution is 2.24. The molecule has 0 saturated carbocycles. The van der Waals surface area contributed by atoms with Gasteiger partial charge in [0.05, 0.1) is 11.4 Å². The number of aromatic nitrogens is 1. The van der Waals surface area contributed by atoms with Gasteiger partial charge in [-0.25, -0.2) is 9.80 Å². The SMILES string of the molecule is CC1=NN(C(N)=O)NN1c1ccc(Cc2ccc(-c3ccc(C(C)(C)O)nc3)cc2)cc1. The van der Waals surface area contributed by atoms with Crippen LogP contribution in [0, 0.1) is 0 Å². The first-order chi connectivity index (χ1) is 15.2. The van der Waals surface area contributed by atoms with Crippen molar-refractivity contribution in [2.45, 2.75) is 32.8 Å². The highest BCUT2D eigenvalue weighted by Gasteiger charge is 2.23. The van der Waals surface area contributed by atoms with Gasteiger partial charge in [0.25, 0.3) is 0 Å². The molecule has 0 spiro atoms. The third-order valence-electron chi connectivity index (χ3n) is 5.25. The topological polar surface area (TPSA) is 107 Å². The number of amides is 2. The molecule has 2 amide bonds. The van der Waals surface area contributed by atoms with Gasteiger partial charge >= 0.3 is 6.03 Å². The van der Waals surface area contributed by atoms with Crippen LogP contribution in [0.25, 0.3) is 11.1 Å². The van der Waals surface area contributed by atoms with E-state index in [2.05, 4.69) is 39.9 Å². The van der Waals surface area contributed by atoms with Crippen LogP contribution in [0.5, 0.6) is 0 Å². The summed E-state index contributed by atoms with van der Waals surface area (Å²) in [6.45, 7) is 5.24. The Balaban J connectivity index is 1.42. The molecule has 4 N–H and O–H groups in total. The number of nitrogens with zero attached hydrogens (tertiary/aromatic N) is 4. The molecule has 4 rings (SSSR count). The van der Waals surface area contributed by atoms with Gasteiger partial charge in [0.2, 0.25) is 0 Å². The van der Waals surface area contributed by atoms with Crippen LogP contribution < -0.4 is 16.3 Å². The standard InChI is InChI=1S/C24H26N6O2/c1-16-27-30(23(25)31)28-29(16)21-11-6-18(7-12-21)14-17-4-8-19(9-5-17)20-10-13-22(26-15-20)24(2,3)32/h4-13,15,28,32H,14H2,1-3H3,(H2,25,31). The molecule has 1 aromatic heterocycles. The molecule has 1 aliphatic heterocycles. The zero-order valence-electron chi connectivity index (χ0n) is 18.3. The number of hydrazone groups is 1. The minimum Gasteiger partial charge on any atom is -0.384 e. The number of benzene rings is 2. The number of aliphatic hydroxyl groups is 1. The van der Waals surface area contributed by atoms with Crippen molar-refractivity contribution in [2.75, 3.05) is 5.01 Å². The van der Waals surface area contributed by atoms with E-state index >= 15 is 0 Å². The minimum absolute atomic E-state index is 0.622. The molecule has 8 heteroatoms. The first-order valence-electron chi connectivity index (χ1n) is 10.3. The molecule has 3 aromatic rings. The van der Waals surface area contributed by atoms with Gasteiger partial charge < -0.3 is 10.8 Å². The second-order valence-corrected chi connectivity index (χ2v) is 8.26. The first-order valence-corrected chi connectivity index (χ1v) is 10.3. The van der Waals surface area contributed by atoms with E-state index in [4.69, 9.17) is 5.73 Å². The lowest BCUT2D eigenvalue weighted by Gasteiger charge is -2.19. The van der Waals surface area contributed by atoms with Crippen LogP contribution in [-0.2, 0) is 12.0 Å². The predicted molar refractivity (Wildman–Crippen MR) is 124 cm³/mol. The Labute approximate surface area is 186 Å². The predicted octanol–water partition coefficient (Wildman–Crippen LogP) is 3.52. The molecular weight excluding hydrogens is 404 g/mol. The van der Waals surface area contributed by atoms with Gasteiger partial charge in [0.1, 0.15) is 11.4 Å². The molecule has 0 saturated heterocycles. The third-order valence-corrected chi connectivity index (χ3v) is 5.25. The average Bonchev–Trinajstić information content (AvgIpc) is 3.16. The number of primary amides is 1. The van der Waals surface area contributed by atoms with Gasteiger partial charge in [0.15, 0.2) is 0 Å². The molecule has 0 radical (unpaired) electrons. The van der Waals surface area contributed by atoms with Crippen molar-refractivity contribution in [3.8, 4) is 11.1 Å². The van der Waals surface area contributed by atoms with Crippen molar-refractivity contribution < 1.29 is 9.90 Å². The van der Waals surface area contributed by atoms with Crippen molar-refractivity contribution in [2.24, 2.45) is 10.8 Å². The first kappa shape index (κ1) is 21.5. The van der Waals surface area contributed by atoms with Gasteiger partial charge in [-0.15, -0.1) is 15.8 Å². The number of nitrogens with two attached hydrogens (primary N) is 1. The number of hydrazine groups is 2. The summed E-state index contributed by atoms with van der Waals surface area (Å²) in [7, 11) is 0. The normalized spacial score (nSPS) is 13.9. The fraction of sp³-hybridized carbons (Fsp3) is 0.208. The Bertz CT molecular complexity index is 1130. The molecule has 164 valence electrons. The Morgan fingerprint density at radius 1 is 1.00 bits per heavy atom. The van der Waals surface area contributed by atoms with Gasteiger partial charge in [-0.2, -0.15) is 0 Å². The van der Waals surface area contributed by atoms with E-state index in [-0.39, 0.29) is 0 Å². The quantitative estimate of drug-likeness (QED) is 0.574. The van der Waals surface area contributed by atoms with Crippen LogP contribution in [0.1, 0.15) is 37.6 Å². The van der Waals surface area contributed by atoms with Gasteiger partial charge in [-0.3, -0.25) is 4.98 Å². The van der Waals surface area contributed by atoms with Gasteiger partial charge in [0, 0.05) is 11.8 Å². The fourth-order valence-electron chi connectivity index (χ4n) is 3.46. The molecule has 1 aliphatic rings. The van der Waals surface area contributed by atoms with Crippen molar-refractivity contribution in [1.82, 2.24) is 15.6 Å². The Morgan fingerprint density at radius 3 is 2.09 bits per heavy atom. The van der Waals surface area contributed by atoms with Gasteiger partial charge in [-0.1, -0.05) is 42.5 Å². The van der Waals surface area contributed by atoms with E-state index in [1.807, 2.05) is 36.4 Å². The zero-order valence-corrected chi connectivity index (χ0v) is 18.3. The van der Waals surface area contributed by atoms with Gasteiger partial charge in [-0.05, 0) is 62.1 Å². The van der Waals surface area contributed by atoms with E-state index in [1.54, 1.807) is 32.0 Å². The molecule has 0 fully saturated rings. The number of pyridine rings is 1. The van der Waals surface area contributed by atoms with Crippen LogP contribution >= 0.6 is 0 Å². The molecule has 2 heterocycles. The summed E-state index contributed by atoms with van der Waals surface area (Å²) >= 11 is 0. The van der Waals surface area contributed by atoms with Crippen LogP contribution in [0.15, 0.2) is 72.0 Å². The highest BCUT2D eigenvalue weighted by atomic mass is 16.3. The Hall–Kier alpha value is -3.75. The van der Waals surface area contributed by atoms with E-state index in [1.165, 1.54) is 11.1 Å². The summed E-state index contributed by atoms with van der Waals surface area (Å²) in [5.41, 5.74) is 13.1. The van der Waals surface area contributed by atoms with E-state index in [0.717, 1.165) is 28.4 Å². The lowest BCUT2D eigenvalue weighted by molar-refractivity contribution is 0.0739. The number of hydrogen-bond acceptors (Lipinski definition) is 6.